The van der Waals surface area contributed by atoms with Gasteiger partial charge in [-0.1, -0.05) is 17.8 Å². The highest BCUT2D eigenvalue weighted by Gasteiger charge is 2.18. The van der Waals surface area contributed by atoms with Crippen molar-refractivity contribution < 1.29 is 9.21 Å². The van der Waals surface area contributed by atoms with Crippen LogP contribution in [0.25, 0.3) is 0 Å². The summed E-state index contributed by atoms with van der Waals surface area (Å²) in [7, 11) is 0. The van der Waals surface area contributed by atoms with Crippen molar-refractivity contribution >= 4 is 23.4 Å². The molecule has 6 heteroatoms. The van der Waals surface area contributed by atoms with Crippen LogP contribution in [0.3, 0.4) is 0 Å². The Morgan fingerprint density at radius 2 is 2.24 bits per heavy atom. The number of benzene rings is 1. The first kappa shape index (κ1) is 15.1. The second kappa shape index (κ2) is 6.46. The molecular formula is C15H15N3O2S. The minimum absolute atomic E-state index is 0.163. The van der Waals surface area contributed by atoms with Gasteiger partial charge >= 0.3 is 0 Å². The Hall–Kier alpha value is -2.26. The maximum atomic E-state index is 12.1. The molecule has 0 aliphatic heterocycles. The molecule has 1 N–H and O–H groups in total. The molecule has 1 aromatic carbocycles. The zero-order valence-electron chi connectivity index (χ0n) is 12.0. The maximum absolute atomic E-state index is 12.1. The molecule has 0 aliphatic rings. The third-order valence-electron chi connectivity index (χ3n) is 2.91. The van der Waals surface area contributed by atoms with Crippen molar-refractivity contribution in [3.8, 4) is 6.07 Å². The molecule has 2 aromatic rings. The number of anilines is 1. The van der Waals surface area contributed by atoms with E-state index >= 15 is 0 Å². The fourth-order valence-electron chi connectivity index (χ4n) is 1.61. The van der Waals surface area contributed by atoms with Gasteiger partial charge in [-0.05, 0) is 39.0 Å². The van der Waals surface area contributed by atoms with Gasteiger partial charge in [0, 0.05) is 5.69 Å². The fourth-order valence-corrected chi connectivity index (χ4v) is 2.44. The number of nitrogens with one attached hydrogen (secondary N) is 1. The lowest BCUT2D eigenvalue weighted by atomic mass is 10.2. The Balaban J connectivity index is 2.00. The van der Waals surface area contributed by atoms with Crippen LogP contribution < -0.4 is 5.32 Å². The third kappa shape index (κ3) is 3.86. The van der Waals surface area contributed by atoms with Crippen LogP contribution in [0.1, 0.15) is 23.9 Å². The van der Waals surface area contributed by atoms with Crippen molar-refractivity contribution in [1.82, 2.24) is 4.98 Å². The van der Waals surface area contributed by atoms with E-state index in [9.17, 15) is 4.79 Å². The van der Waals surface area contributed by atoms with Crippen LogP contribution in [0.5, 0.6) is 0 Å². The number of aromatic nitrogens is 1. The van der Waals surface area contributed by atoms with E-state index in [4.69, 9.17) is 9.68 Å². The van der Waals surface area contributed by atoms with Crippen LogP contribution in [0.15, 0.2) is 33.9 Å². The summed E-state index contributed by atoms with van der Waals surface area (Å²) in [5, 5.41) is 11.7. The molecule has 1 aromatic heterocycles. The minimum Gasteiger partial charge on any atom is -0.437 e. The third-order valence-corrected chi connectivity index (χ3v) is 3.86. The van der Waals surface area contributed by atoms with E-state index in [1.165, 1.54) is 11.8 Å². The maximum Gasteiger partial charge on any atom is 0.256 e. The topological polar surface area (TPSA) is 78.9 Å². The Bertz CT molecular complexity index is 684. The zero-order chi connectivity index (χ0) is 15.4. The van der Waals surface area contributed by atoms with Gasteiger partial charge in [-0.3, -0.25) is 4.79 Å². The number of rotatable bonds is 4. The molecule has 0 bridgehead atoms. The molecule has 5 nitrogen and oxygen atoms in total. The lowest BCUT2D eigenvalue weighted by Gasteiger charge is -2.10. The predicted molar refractivity (Wildman–Crippen MR) is 81.1 cm³/mol. The molecule has 0 spiro atoms. The van der Waals surface area contributed by atoms with E-state index in [0.717, 1.165) is 11.5 Å². The molecule has 1 unspecified atom stereocenters. The first-order chi connectivity index (χ1) is 9.99. The minimum atomic E-state index is -0.354. The number of hydrogen-bond donors (Lipinski definition) is 1. The Morgan fingerprint density at radius 1 is 1.48 bits per heavy atom. The smallest absolute Gasteiger partial charge is 0.256 e. The van der Waals surface area contributed by atoms with Crippen molar-refractivity contribution in [2.75, 3.05) is 5.32 Å². The average Bonchev–Trinajstić information content (AvgIpc) is 2.77. The van der Waals surface area contributed by atoms with Gasteiger partial charge in [0.15, 0.2) is 0 Å². The van der Waals surface area contributed by atoms with Gasteiger partial charge in [0.25, 0.3) is 5.22 Å². The SMILES string of the molecule is Cc1nc(SC(C)C(=O)Nc2cccc(C#N)c2)oc1C. The summed E-state index contributed by atoms with van der Waals surface area (Å²) in [5.74, 6) is 0.593. The molecule has 21 heavy (non-hydrogen) atoms. The highest BCUT2D eigenvalue weighted by molar-refractivity contribution is 8.00. The summed E-state index contributed by atoms with van der Waals surface area (Å²) < 4.78 is 5.45. The van der Waals surface area contributed by atoms with Gasteiger partial charge in [0.2, 0.25) is 5.91 Å². The molecule has 0 fully saturated rings. The molecule has 1 atom stereocenters. The van der Waals surface area contributed by atoms with E-state index in [-0.39, 0.29) is 11.2 Å². The first-order valence-electron chi connectivity index (χ1n) is 6.41. The molecule has 0 saturated heterocycles. The summed E-state index contributed by atoms with van der Waals surface area (Å²) in [6.07, 6.45) is 0. The Kier molecular flexibility index (Phi) is 4.66. The fraction of sp³-hybridized carbons (Fsp3) is 0.267. The van der Waals surface area contributed by atoms with Crippen LogP contribution in [-0.4, -0.2) is 16.1 Å². The van der Waals surface area contributed by atoms with Gasteiger partial charge in [0.1, 0.15) is 5.76 Å². The summed E-state index contributed by atoms with van der Waals surface area (Å²) >= 11 is 1.26. The number of amides is 1. The number of aryl methyl sites for hydroxylation is 2. The van der Waals surface area contributed by atoms with Gasteiger partial charge < -0.3 is 9.73 Å². The van der Waals surface area contributed by atoms with Gasteiger partial charge in [0.05, 0.1) is 22.6 Å². The molecule has 108 valence electrons. The van der Waals surface area contributed by atoms with E-state index in [0.29, 0.717) is 16.5 Å². The summed E-state index contributed by atoms with van der Waals surface area (Å²) in [5.41, 5.74) is 1.94. The second-order valence-corrected chi connectivity index (χ2v) is 5.86. The van der Waals surface area contributed by atoms with Gasteiger partial charge in [-0.25, -0.2) is 4.98 Å². The second-order valence-electron chi connectivity index (χ2n) is 4.56. The number of hydrogen-bond acceptors (Lipinski definition) is 5. The van der Waals surface area contributed by atoms with Crippen molar-refractivity contribution in [3.63, 3.8) is 0 Å². The Morgan fingerprint density at radius 3 is 2.86 bits per heavy atom. The molecule has 2 rings (SSSR count). The van der Waals surface area contributed by atoms with Crippen LogP contribution in [0, 0.1) is 25.2 Å². The van der Waals surface area contributed by atoms with Gasteiger partial charge in [-0.15, -0.1) is 0 Å². The van der Waals surface area contributed by atoms with Crippen molar-refractivity contribution in [2.45, 2.75) is 31.2 Å². The van der Waals surface area contributed by atoms with E-state index in [2.05, 4.69) is 10.3 Å². The summed E-state index contributed by atoms with van der Waals surface area (Å²) in [4.78, 5) is 16.4. The number of thioether (sulfide) groups is 1. The lowest BCUT2D eigenvalue weighted by Crippen LogP contribution is -2.22. The number of carbonyl (C=O) groups is 1. The monoisotopic (exact) mass is 301 g/mol. The number of nitriles is 1. The molecular weight excluding hydrogens is 286 g/mol. The van der Waals surface area contributed by atoms with E-state index in [1.807, 2.05) is 19.9 Å². The van der Waals surface area contributed by atoms with E-state index in [1.54, 1.807) is 31.2 Å². The van der Waals surface area contributed by atoms with Gasteiger partial charge in [-0.2, -0.15) is 5.26 Å². The lowest BCUT2D eigenvalue weighted by molar-refractivity contribution is -0.115. The van der Waals surface area contributed by atoms with Crippen LogP contribution >= 0.6 is 11.8 Å². The standard InChI is InChI=1S/C15H15N3O2S/c1-9-10(2)20-15(17-9)21-11(3)14(19)18-13-6-4-5-12(7-13)8-16/h4-7,11H,1-3H3,(H,18,19). The van der Waals surface area contributed by atoms with Crippen LogP contribution in [-0.2, 0) is 4.79 Å². The van der Waals surface area contributed by atoms with Crippen LogP contribution in [0.4, 0.5) is 5.69 Å². The molecule has 0 saturated carbocycles. The summed E-state index contributed by atoms with van der Waals surface area (Å²) in [6.45, 7) is 5.48. The molecule has 1 amide bonds. The number of nitrogens with zero attached hydrogens (tertiary/aromatic N) is 2. The predicted octanol–water partition coefficient (Wildman–Crippen LogP) is 3.28. The molecule has 0 radical (unpaired) electrons. The number of oxazole rings is 1. The van der Waals surface area contributed by atoms with Crippen molar-refractivity contribution in [3.05, 3.63) is 41.3 Å². The van der Waals surface area contributed by atoms with E-state index < -0.39 is 0 Å². The Labute approximate surface area is 127 Å². The molecule has 0 aliphatic carbocycles. The first-order valence-corrected chi connectivity index (χ1v) is 7.29. The largest absolute Gasteiger partial charge is 0.437 e. The average molecular weight is 301 g/mol. The number of carbonyl (C=O) groups excluding carboxylic acids is 1. The normalized spacial score (nSPS) is 11.7. The quantitative estimate of drug-likeness (QED) is 0.877. The molecule has 1 heterocycles. The summed E-state index contributed by atoms with van der Waals surface area (Å²) in [6, 6.07) is 8.83. The highest BCUT2D eigenvalue weighted by atomic mass is 32.2. The van der Waals surface area contributed by atoms with Crippen LogP contribution in [0.2, 0.25) is 0 Å². The zero-order valence-corrected chi connectivity index (χ0v) is 12.8. The van der Waals surface area contributed by atoms with Crippen molar-refractivity contribution in [1.29, 1.82) is 5.26 Å². The highest BCUT2D eigenvalue weighted by Crippen LogP contribution is 2.25. The van der Waals surface area contributed by atoms with Crippen molar-refractivity contribution in [2.24, 2.45) is 0 Å².